The van der Waals surface area contributed by atoms with Crippen molar-refractivity contribution in [3.05, 3.63) is 0 Å². The number of unbranched alkanes of at least 4 members (excludes halogenated alkanes) is 6. The van der Waals surface area contributed by atoms with Crippen LogP contribution in [0.1, 0.15) is 90.9 Å². The largest absolute Gasteiger partial charge is 0.396 e. The second-order valence-electron chi connectivity index (χ2n) is 8.79. The molecule has 0 aliphatic carbocycles. The highest BCUT2D eigenvalue weighted by Crippen LogP contribution is 2.19. The molecule has 0 aromatic carbocycles. The molecular weight excluding hydrogens is 448 g/mol. The zero-order chi connectivity index (χ0) is 25.9. The lowest BCUT2D eigenvalue weighted by molar-refractivity contribution is -0.241. The SMILES string of the molecule is CCCCCCCCCC(CC)OC(O)C(O)C(O)C(CCO)OC(O)CC(=O)C(O)CCO. The molecule has 0 heterocycles. The second-order valence-corrected chi connectivity index (χ2v) is 8.79. The van der Waals surface area contributed by atoms with Crippen LogP contribution in [0.5, 0.6) is 0 Å². The Balaban J connectivity index is 4.66. The normalized spacial score (nSPS) is 18.1. The van der Waals surface area contributed by atoms with Crippen molar-refractivity contribution in [1.82, 2.24) is 0 Å². The van der Waals surface area contributed by atoms with E-state index in [1.165, 1.54) is 25.7 Å². The Bertz CT molecular complexity index is 492. The fourth-order valence-corrected chi connectivity index (χ4v) is 3.65. The average molecular weight is 497 g/mol. The minimum atomic E-state index is -1.78. The van der Waals surface area contributed by atoms with Gasteiger partial charge < -0.3 is 45.2 Å². The summed E-state index contributed by atoms with van der Waals surface area (Å²) in [6, 6.07) is 0. The summed E-state index contributed by atoms with van der Waals surface area (Å²) in [4.78, 5) is 11.8. The van der Waals surface area contributed by atoms with Crippen molar-refractivity contribution in [1.29, 1.82) is 0 Å². The van der Waals surface area contributed by atoms with E-state index in [2.05, 4.69) is 6.92 Å². The van der Waals surface area contributed by atoms with Crippen LogP contribution in [0, 0.1) is 0 Å². The van der Waals surface area contributed by atoms with E-state index in [9.17, 15) is 35.4 Å². The van der Waals surface area contributed by atoms with Gasteiger partial charge in [0, 0.05) is 19.6 Å². The van der Waals surface area contributed by atoms with E-state index in [1.54, 1.807) is 0 Å². The first kappa shape index (κ1) is 33.3. The summed E-state index contributed by atoms with van der Waals surface area (Å²) >= 11 is 0. The van der Waals surface area contributed by atoms with Gasteiger partial charge in [-0.05, 0) is 19.3 Å². The maximum atomic E-state index is 11.8. The minimum Gasteiger partial charge on any atom is -0.396 e. The Morgan fingerprint density at radius 1 is 0.735 bits per heavy atom. The van der Waals surface area contributed by atoms with Crippen LogP contribution in [-0.4, -0.2) is 97.8 Å². The molecule has 0 radical (unpaired) electrons. The Morgan fingerprint density at radius 2 is 1.32 bits per heavy atom. The molecule has 0 aromatic rings. The number of hydrogen-bond acceptors (Lipinski definition) is 10. The number of rotatable bonds is 23. The number of carbonyl (C=O) groups is 1. The summed E-state index contributed by atoms with van der Waals surface area (Å²) in [5.74, 6) is -0.765. The van der Waals surface area contributed by atoms with Crippen LogP contribution in [0.3, 0.4) is 0 Å². The minimum absolute atomic E-state index is 0.187. The smallest absolute Gasteiger partial charge is 0.183 e. The van der Waals surface area contributed by atoms with E-state index in [4.69, 9.17) is 14.6 Å². The van der Waals surface area contributed by atoms with Crippen LogP contribution in [0.25, 0.3) is 0 Å². The zero-order valence-corrected chi connectivity index (χ0v) is 20.8. The van der Waals surface area contributed by atoms with E-state index in [-0.39, 0.29) is 18.9 Å². The van der Waals surface area contributed by atoms with Gasteiger partial charge in [-0.15, -0.1) is 0 Å². The molecule has 34 heavy (non-hydrogen) atoms. The van der Waals surface area contributed by atoms with Gasteiger partial charge in [-0.25, -0.2) is 0 Å². The summed E-state index contributed by atoms with van der Waals surface area (Å²) in [5.41, 5.74) is 0. The number of ether oxygens (including phenoxy) is 2. The van der Waals surface area contributed by atoms with E-state index < -0.39 is 62.4 Å². The Morgan fingerprint density at radius 3 is 1.88 bits per heavy atom. The lowest BCUT2D eigenvalue weighted by Crippen LogP contribution is -2.48. The molecule has 10 heteroatoms. The van der Waals surface area contributed by atoms with Gasteiger partial charge in [0.25, 0.3) is 0 Å². The molecule has 7 atom stereocenters. The maximum Gasteiger partial charge on any atom is 0.183 e. The fourth-order valence-electron chi connectivity index (χ4n) is 3.65. The predicted octanol–water partition coefficient (Wildman–Crippen LogP) is 0.751. The van der Waals surface area contributed by atoms with Crippen LogP contribution in [0.15, 0.2) is 0 Å². The number of carbonyl (C=O) groups excluding carboxylic acids is 1. The molecule has 0 spiro atoms. The molecule has 0 aliphatic heterocycles. The maximum absolute atomic E-state index is 11.8. The van der Waals surface area contributed by atoms with Gasteiger partial charge in [0.05, 0.1) is 18.6 Å². The highest BCUT2D eigenvalue weighted by atomic mass is 16.6. The lowest BCUT2D eigenvalue weighted by Gasteiger charge is -2.32. The molecule has 0 aromatic heterocycles. The number of aliphatic hydroxyl groups is 7. The predicted molar refractivity (Wildman–Crippen MR) is 126 cm³/mol. The van der Waals surface area contributed by atoms with Crippen LogP contribution in [-0.2, 0) is 14.3 Å². The van der Waals surface area contributed by atoms with E-state index >= 15 is 0 Å². The standard InChI is InChI=1S/C24H48O10/c1-3-5-6-7-8-9-10-11-17(4-2)33-24(32)23(31)22(30)20(13-15-26)34-21(29)16-19(28)18(27)12-14-25/h17-18,20-27,29-32H,3-16H2,1-2H3. The van der Waals surface area contributed by atoms with Crippen LogP contribution in [0.2, 0.25) is 0 Å². The summed E-state index contributed by atoms with van der Waals surface area (Å²) in [5, 5.41) is 68.7. The fraction of sp³-hybridized carbons (Fsp3) is 0.958. The Kier molecular flexibility index (Phi) is 20.1. The molecule has 10 nitrogen and oxygen atoms in total. The van der Waals surface area contributed by atoms with Crippen molar-refractivity contribution in [2.24, 2.45) is 0 Å². The molecule has 0 aliphatic rings. The first-order valence-electron chi connectivity index (χ1n) is 12.7. The Labute approximate surface area is 203 Å². The van der Waals surface area contributed by atoms with Crippen molar-refractivity contribution >= 4 is 5.78 Å². The Hall–Kier alpha value is -0.690. The molecule has 204 valence electrons. The van der Waals surface area contributed by atoms with Gasteiger partial charge in [0.1, 0.15) is 18.3 Å². The van der Waals surface area contributed by atoms with Gasteiger partial charge in [0.2, 0.25) is 0 Å². The molecule has 0 bridgehead atoms. The van der Waals surface area contributed by atoms with Crippen LogP contribution >= 0.6 is 0 Å². The summed E-state index contributed by atoms with van der Waals surface area (Å²) in [6.45, 7) is 3.22. The third kappa shape index (κ3) is 14.7. The molecule has 7 N–H and O–H groups in total. The van der Waals surface area contributed by atoms with Crippen molar-refractivity contribution in [2.75, 3.05) is 13.2 Å². The first-order chi connectivity index (χ1) is 16.2. The highest BCUT2D eigenvalue weighted by Gasteiger charge is 2.35. The van der Waals surface area contributed by atoms with Gasteiger partial charge >= 0.3 is 0 Å². The van der Waals surface area contributed by atoms with E-state index in [1.807, 2.05) is 6.92 Å². The van der Waals surface area contributed by atoms with Crippen molar-refractivity contribution < 1.29 is 50.0 Å². The molecule has 0 amide bonds. The van der Waals surface area contributed by atoms with Gasteiger partial charge in [-0.3, -0.25) is 4.79 Å². The van der Waals surface area contributed by atoms with Crippen molar-refractivity contribution in [3.63, 3.8) is 0 Å². The zero-order valence-electron chi connectivity index (χ0n) is 20.8. The van der Waals surface area contributed by atoms with Crippen LogP contribution in [0.4, 0.5) is 0 Å². The quantitative estimate of drug-likeness (QED) is 0.0789. The molecule has 0 rings (SSSR count). The number of hydrogen-bond donors (Lipinski definition) is 7. The summed E-state index contributed by atoms with van der Waals surface area (Å²) in [7, 11) is 0. The van der Waals surface area contributed by atoms with Crippen molar-refractivity contribution in [2.45, 2.75) is 134 Å². The van der Waals surface area contributed by atoms with Gasteiger partial charge in [0.15, 0.2) is 18.4 Å². The second kappa shape index (κ2) is 20.5. The van der Waals surface area contributed by atoms with Gasteiger partial charge in [-0.2, -0.15) is 0 Å². The average Bonchev–Trinajstić information content (AvgIpc) is 2.81. The molecule has 0 saturated carbocycles. The highest BCUT2D eigenvalue weighted by molar-refractivity contribution is 5.83. The van der Waals surface area contributed by atoms with Crippen LogP contribution < -0.4 is 0 Å². The first-order valence-corrected chi connectivity index (χ1v) is 12.7. The molecule has 0 saturated heterocycles. The van der Waals surface area contributed by atoms with Crippen molar-refractivity contribution in [3.8, 4) is 0 Å². The number of ketones is 1. The summed E-state index contributed by atoms with van der Waals surface area (Å²) in [6.07, 6.45) is -1.67. The number of aliphatic hydroxyl groups excluding tert-OH is 7. The number of Topliss-reactive ketones (excluding diaryl/α,β-unsaturated/α-hetero) is 1. The third-order valence-electron chi connectivity index (χ3n) is 5.84. The van der Waals surface area contributed by atoms with E-state index in [0.717, 1.165) is 19.3 Å². The van der Waals surface area contributed by atoms with E-state index in [0.29, 0.717) is 12.8 Å². The topological polar surface area (TPSA) is 177 Å². The third-order valence-corrected chi connectivity index (χ3v) is 5.84. The molecular formula is C24H48O10. The molecule has 7 unspecified atom stereocenters. The lowest BCUT2D eigenvalue weighted by atomic mass is 10.0. The van der Waals surface area contributed by atoms with Gasteiger partial charge in [-0.1, -0.05) is 58.8 Å². The summed E-state index contributed by atoms with van der Waals surface area (Å²) < 4.78 is 10.7. The monoisotopic (exact) mass is 496 g/mol. The molecule has 0 fully saturated rings.